The van der Waals surface area contributed by atoms with Crippen molar-refractivity contribution in [2.24, 2.45) is 0 Å². The van der Waals surface area contributed by atoms with Crippen LogP contribution in [0.3, 0.4) is 0 Å². The van der Waals surface area contributed by atoms with Crippen molar-refractivity contribution in [3.63, 3.8) is 0 Å². The molecule has 0 fully saturated rings. The van der Waals surface area contributed by atoms with E-state index in [-0.39, 0.29) is 12.5 Å². The van der Waals surface area contributed by atoms with Crippen molar-refractivity contribution in [1.29, 1.82) is 0 Å². The predicted octanol–water partition coefficient (Wildman–Crippen LogP) is 2.87. The van der Waals surface area contributed by atoms with Gasteiger partial charge >= 0.3 is 5.97 Å². The van der Waals surface area contributed by atoms with Crippen molar-refractivity contribution in [3.8, 4) is 0 Å². The number of hydrogen-bond donors (Lipinski definition) is 2. The summed E-state index contributed by atoms with van der Waals surface area (Å²) in [7, 11) is 0. The Balaban J connectivity index is 2.03. The van der Waals surface area contributed by atoms with Gasteiger partial charge in [0.15, 0.2) is 0 Å². The number of carboxylic acids is 1. The Hall–Kier alpha value is -2.40. The minimum absolute atomic E-state index is 0.371. The third-order valence-corrected chi connectivity index (χ3v) is 4.19. The number of fused-ring (bicyclic) bond motifs is 3. The average Bonchev–Trinajstić information content (AvgIpc) is 2.82. The molecule has 0 aliphatic rings. The third kappa shape index (κ3) is 2.23. The molecule has 0 spiro atoms. The van der Waals surface area contributed by atoms with Crippen LogP contribution in [0.25, 0.3) is 20.2 Å². The van der Waals surface area contributed by atoms with E-state index in [0.29, 0.717) is 5.56 Å². The second kappa shape index (κ2) is 4.94. The van der Waals surface area contributed by atoms with Crippen molar-refractivity contribution in [2.75, 3.05) is 6.54 Å². The Morgan fingerprint density at radius 3 is 2.60 bits per heavy atom. The molecule has 1 heterocycles. The molecule has 0 aliphatic carbocycles. The Kier molecular flexibility index (Phi) is 3.12. The number of thiophene rings is 1. The number of carbonyl (C=O) groups is 2. The molecule has 0 saturated heterocycles. The first kappa shape index (κ1) is 12.6. The third-order valence-electron chi connectivity index (χ3n) is 3.04. The molecule has 0 unspecified atom stereocenters. The topological polar surface area (TPSA) is 66.4 Å². The van der Waals surface area contributed by atoms with Crippen molar-refractivity contribution in [2.45, 2.75) is 0 Å². The van der Waals surface area contributed by atoms with Crippen LogP contribution in [0.15, 0.2) is 42.5 Å². The van der Waals surface area contributed by atoms with Gasteiger partial charge in [0, 0.05) is 25.7 Å². The van der Waals surface area contributed by atoms with E-state index in [4.69, 9.17) is 5.11 Å². The van der Waals surface area contributed by atoms with Crippen LogP contribution in [0, 0.1) is 0 Å². The lowest BCUT2D eigenvalue weighted by atomic mass is 10.1. The molecule has 100 valence electrons. The largest absolute Gasteiger partial charge is 0.480 e. The zero-order chi connectivity index (χ0) is 14.1. The number of carboxylic acid groups (broad SMARTS) is 1. The first-order valence-corrected chi connectivity index (χ1v) is 6.88. The van der Waals surface area contributed by atoms with Crippen LogP contribution < -0.4 is 5.32 Å². The Morgan fingerprint density at radius 2 is 1.80 bits per heavy atom. The number of aliphatic carboxylic acids is 1. The second-order valence-corrected chi connectivity index (χ2v) is 5.47. The lowest BCUT2D eigenvalue weighted by Gasteiger charge is -2.02. The molecular formula is C15H11NO3S. The van der Waals surface area contributed by atoms with E-state index in [1.807, 2.05) is 36.4 Å². The smallest absolute Gasteiger partial charge is 0.322 e. The van der Waals surface area contributed by atoms with Gasteiger partial charge in [-0.1, -0.05) is 18.2 Å². The van der Waals surface area contributed by atoms with Gasteiger partial charge in [-0.3, -0.25) is 9.59 Å². The van der Waals surface area contributed by atoms with Crippen LogP contribution in [0.2, 0.25) is 0 Å². The first-order valence-electron chi connectivity index (χ1n) is 6.06. The molecule has 0 radical (unpaired) electrons. The highest BCUT2D eigenvalue weighted by molar-refractivity contribution is 7.25. The molecule has 3 rings (SSSR count). The summed E-state index contributed by atoms with van der Waals surface area (Å²) in [6.07, 6.45) is 0. The van der Waals surface area contributed by atoms with E-state index in [9.17, 15) is 9.59 Å². The summed E-state index contributed by atoms with van der Waals surface area (Å²) in [4.78, 5) is 22.3. The lowest BCUT2D eigenvalue weighted by molar-refractivity contribution is -0.135. The highest BCUT2D eigenvalue weighted by Gasteiger charge is 2.10. The maximum absolute atomic E-state index is 11.9. The molecule has 20 heavy (non-hydrogen) atoms. The fourth-order valence-corrected chi connectivity index (χ4v) is 3.21. The molecule has 0 bridgehead atoms. The van der Waals surface area contributed by atoms with Gasteiger partial charge in [-0.15, -0.1) is 11.3 Å². The molecule has 1 amide bonds. The summed E-state index contributed by atoms with van der Waals surface area (Å²) in [6, 6.07) is 13.4. The molecule has 0 atom stereocenters. The average molecular weight is 285 g/mol. The number of nitrogens with one attached hydrogen (secondary N) is 1. The Bertz CT molecular complexity index is 822. The molecule has 0 aliphatic heterocycles. The van der Waals surface area contributed by atoms with E-state index in [0.717, 1.165) is 15.5 Å². The molecule has 3 aromatic rings. The fraction of sp³-hybridized carbons (Fsp3) is 0.0667. The minimum atomic E-state index is -1.06. The van der Waals surface area contributed by atoms with Crippen molar-refractivity contribution in [3.05, 3.63) is 48.0 Å². The van der Waals surface area contributed by atoms with Crippen molar-refractivity contribution in [1.82, 2.24) is 5.32 Å². The number of amides is 1. The number of hydrogen-bond acceptors (Lipinski definition) is 3. The van der Waals surface area contributed by atoms with Crippen LogP contribution in [0.5, 0.6) is 0 Å². The minimum Gasteiger partial charge on any atom is -0.480 e. The normalized spacial score (nSPS) is 10.8. The molecular weight excluding hydrogens is 274 g/mol. The zero-order valence-corrected chi connectivity index (χ0v) is 11.2. The van der Waals surface area contributed by atoms with E-state index in [1.54, 1.807) is 17.4 Å². The van der Waals surface area contributed by atoms with Gasteiger partial charge in [0.25, 0.3) is 5.91 Å². The maximum atomic E-state index is 11.9. The Labute approximate surface area is 118 Å². The summed E-state index contributed by atoms with van der Waals surface area (Å²) < 4.78 is 2.28. The molecule has 1 aromatic heterocycles. The van der Waals surface area contributed by atoms with Crippen molar-refractivity contribution < 1.29 is 14.7 Å². The van der Waals surface area contributed by atoms with Gasteiger partial charge in [0.2, 0.25) is 0 Å². The van der Waals surface area contributed by atoms with Gasteiger partial charge in [-0.25, -0.2) is 0 Å². The van der Waals surface area contributed by atoms with E-state index in [1.165, 1.54) is 4.70 Å². The maximum Gasteiger partial charge on any atom is 0.322 e. The molecule has 5 heteroatoms. The van der Waals surface area contributed by atoms with Crippen LogP contribution in [-0.2, 0) is 4.79 Å². The first-order chi connectivity index (χ1) is 9.65. The summed E-state index contributed by atoms with van der Waals surface area (Å²) in [6.45, 7) is -0.374. The van der Waals surface area contributed by atoms with Gasteiger partial charge < -0.3 is 10.4 Å². The zero-order valence-electron chi connectivity index (χ0n) is 10.4. The summed E-state index contributed by atoms with van der Waals surface area (Å²) in [5, 5.41) is 13.1. The number of benzene rings is 2. The Morgan fingerprint density at radius 1 is 1.05 bits per heavy atom. The summed E-state index contributed by atoms with van der Waals surface area (Å²) >= 11 is 1.67. The van der Waals surface area contributed by atoms with Crippen LogP contribution in [-0.4, -0.2) is 23.5 Å². The van der Waals surface area contributed by atoms with Crippen LogP contribution in [0.4, 0.5) is 0 Å². The van der Waals surface area contributed by atoms with Gasteiger partial charge in [0.1, 0.15) is 6.54 Å². The van der Waals surface area contributed by atoms with E-state index >= 15 is 0 Å². The summed E-state index contributed by atoms with van der Waals surface area (Å²) in [5.74, 6) is -1.43. The van der Waals surface area contributed by atoms with E-state index in [2.05, 4.69) is 5.32 Å². The molecule has 4 nitrogen and oxygen atoms in total. The predicted molar refractivity (Wildman–Crippen MR) is 79.3 cm³/mol. The molecule has 2 N–H and O–H groups in total. The molecule has 2 aromatic carbocycles. The summed E-state index contributed by atoms with van der Waals surface area (Å²) in [5.41, 5.74) is 0.474. The second-order valence-electron chi connectivity index (χ2n) is 4.39. The standard InChI is InChI=1S/C15H11NO3S/c17-14(18)8-16-15(19)9-5-6-13-11(7-9)10-3-1-2-4-12(10)20-13/h1-7H,8H2,(H,16,19)(H,17,18). The molecule has 0 saturated carbocycles. The lowest BCUT2D eigenvalue weighted by Crippen LogP contribution is -2.29. The SMILES string of the molecule is O=C(O)CNC(=O)c1ccc2sc3ccccc3c2c1. The van der Waals surface area contributed by atoms with Gasteiger partial charge in [0.05, 0.1) is 0 Å². The quantitative estimate of drug-likeness (QED) is 0.777. The van der Waals surface area contributed by atoms with Crippen LogP contribution >= 0.6 is 11.3 Å². The fourth-order valence-electron chi connectivity index (χ4n) is 2.13. The number of carbonyl (C=O) groups excluding carboxylic acids is 1. The highest BCUT2D eigenvalue weighted by Crippen LogP contribution is 2.33. The number of rotatable bonds is 3. The monoisotopic (exact) mass is 285 g/mol. The van der Waals surface area contributed by atoms with Crippen molar-refractivity contribution >= 4 is 43.4 Å². The van der Waals surface area contributed by atoms with Gasteiger partial charge in [-0.2, -0.15) is 0 Å². The van der Waals surface area contributed by atoms with E-state index < -0.39 is 5.97 Å². The van der Waals surface area contributed by atoms with Gasteiger partial charge in [-0.05, 0) is 24.3 Å². The highest BCUT2D eigenvalue weighted by atomic mass is 32.1. The van der Waals surface area contributed by atoms with Crippen LogP contribution in [0.1, 0.15) is 10.4 Å².